The Morgan fingerprint density at radius 1 is 1.21 bits per heavy atom. The SMILES string of the molecule is C#CC(C)Oc1cc(Cc2cnc(N)nc2N)cc(OC)c1OC. The summed E-state index contributed by atoms with van der Waals surface area (Å²) < 4.78 is 16.5. The van der Waals surface area contributed by atoms with Crippen molar-refractivity contribution in [1.29, 1.82) is 0 Å². The highest BCUT2D eigenvalue weighted by Gasteiger charge is 2.16. The third-order valence-electron chi connectivity index (χ3n) is 3.35. The fourth-order valence-electron chi connectivity index (χ4n) is 2.19. The number of terminal acetylenes is 1. The van der Waals surface area contributed by atoms with Crippen molar-refractivity contribution in [3.05, 3.63) is 29.5 Å². The first-order valence-electron chi connectivity index (χ1n) is 7.23. The molecule has 1 atom stereocenters. The van der Waals surface area contributed by atoms with Crippen molar-refractivity contribution in [2.75, 3.05) is 25.7 Å². The molecule has 1 unspecified atom stereocenters. The molecule has 0 radical (unpaired) electrons. The maximum absolute atomic E-state index is 5.89. The van der Waals surface area contributed by atoms with E-state index < -0.39 is 6.10 Å². The molecule has 2 aromatic rings. The van der Waals surface area contributed by atoms with Crippen LogP contribution in [-0.4, -0.2) is 30.3 Å². The van der Waals surface area contributed by atoms with Crippen LogP contribution in [-0.2, 0) is 6.42 Å². The lowest BCUT2D eigenvalue weighted by molar-refractivity contribution is 0.256. The van der Waals surface area contributed by atoms with Crippen LogP contribution >= 0.6 is 0 Å². The minimum Gasteiger partial charge on any atom is -0.493 e. The van der Waals surface area contributed by atoms with Crippen LogP contribution in [0, 0.1) is 12.3 Å². The van der Waals surface area contributed by atoms with Crippen LogP contribution in [0.1, 0.15) is 18.1 Å². The van der Waals surface area contributed by atoms with Gasteiger partial charge in [-0.2, -0.15) is 4.98 Å². The summed E-state index contributed by atoms with van der Waals surface area (Å²) in [5, 5.41) is 0. The highest BCUT2D eigenvalue weighted by molar-refractivity contribution is 5.55. The molecule has 4 N–H and O–H groups in total. The second kappa shape index (κ2) is 7.42. The fraction of sp³-hybridized carbons (Fsp3) is 0.294. The molecule has 1 aromatic carbocycles. The van der Waals surface area contributed by atoms with E-state index in [9.17, 15) is 0 Å². The topological polar surface area (TPSA) is 106 Å². The summed E-state index contributed by atoms with van der Waals surface area (Å²) in [5.74, 6) is 4.48. The zero-order valence-electron chi connectivity index (χ0n) is 13.9. The van der Waals surface area contributed by atoms with Gasteiger partial charge in [-0.1, -0.05) is 5.92 Å². The fourth-order valence-corrected chi connectivity index (χ4v) is 2.19. The number of hydrogen-bond acceptors (Lipinski definition) is 7. The van der Waals surface area contributed by atoms with Gasteiger partial charge in [0.2, 0.25) is 11.7 Å². The summed E-state index contributed by atoms with van der Waals surface area (Å²) >= 11 is 0. The third-order valence-corrected chi connectivity index (χ3v) is 3.35. The number of anilines is 2. The van der Waals surface area contributed by atoms with Crippen LogP contribution < -0.4 is 25.7 Å². The highest BCUT2D eigenvalue weighted by atomic mass is 16.5. The lowest BCUT2D eigenvalue weighted by atomic mass is 10.1. The number of benzene rings is 1. The lowest BCUT2D eigenvalue weighted by Crippen LogP contribution is -2.10. The van der Waals surface area contributed by atoms with E-state index in [1.807, 2.05) is 12.1 Å². The number of methoxy groups -OCH3 is 2. The molecular weight excluding hydrogens is 308 g/mol. The Morgan fingerprint density at radius 2 is 1.92 bits per heavy atom. The molecule has 2 rings (SSSR count). The molecule has 0 bridgehead atoms. The maximum Gasteiger partial charge on any atom is 0.221 e. The first-order valence-corrected chi connectivity index (χ1v) is 7.23. The van der Waals surface area contributed by atoms with E-state index >= 15 is 0 Å². The summed E-state index contributed by atoms with van der Waals surface area (Å²) in [5.41, 5.74) is 13.0. The number of nitrogens with two attached hydrogens (primary N) is 2. The number of nitrogen functional groups attached to an aromatic ring is 2. The molecule has 0 amide bonds. The molecule has 0 saturated carbocycles. The van der Waals surface area contributed by atoms with Crippen molar-refractivity contribution in [2.24, 2.45) is 0 Å². The van der Waals surface area contributed by atoms with Gasteiger partial charge in [-0.05, 0) is 24.6 Å². The third kappa shape index (κ3) is 3.79. The zero-order chi connectivity index (χ0) is 17.7. The molecule has 7 heteroatoms. The summed E-state index contributed by atoms with van der Waals surface area (Å²) in [7, 11) is 3.09. The minimum absolute atomic E-state index is 0.135. The molecule has 1 aromatic heterocycles. The molecule has 1 heterocycles. The van der Waals surface area contributed by atoms with Gasteiger partial charge in [-0.25, -0.2) is 4.98 Å². The van der Waals surface area contributed by atoms with Crippen molar-refractivity contribution < 1.29 is 14.2 Å². The van der Waals surface area contributed by atoms with Crippen LogP contribution in [0.4, 0.5) is 11.8 Å². The van der Waals surface area contributed by atoms with E-state index in [1.165, 1.54) is 7.11 Å². The Morgan fingerprint density at radius 3 is 2.50 bits per heavy atom. The Hall–Kier alpha value is -3.14. The van der Waals surface area contributed by atoms with Gasteiger partial charge in [0, 0.05) is 18.2 Å². The predicted molar refractivity (Wildman–Crippen MR) is 92.1 cm³/mol. The van der Waals surface area contributed by atoms with Gasteiger partial charge in [0.1, 0.15) is 5.82 Å². The molecule has 0 saturated heterocycles. The molecule has 0 aliphatic carbocycles. The van der Waals surface area contributed by atoms with Gasteiger partial charge < -0.3 is 25.7 Å². The van der Waals surface area contributed by atoms with Crippen LogP contribution in [0.15, 0.2) is 18.3 Å². The second-order valence-corrected chi connectivity index (χ2v) is 5.07. The molecular formula is C17H20N4O3. The maximum atomic E-state index is 5.89. The molecule has 0 aliphatic rings. The number of aromatic nitrogens is 2. The van der Waals surface area contributed by atoms with E-state index in [-0.39, 0.29) is 5.95 Å². The highest BCUT2D eigenvalue weighted by Crippen LogP contribution is 2.39. The Labute approximate surface area is 141 Å². The lowest BCUT2D eigenvalue weighted by Gasteiger charge is -2.17. The summed E-state index contributed by atoms with van der Waals surface area (Å²) in [6, 6.07) is 3.66. The zero-order valence-corrected chi connectivity index (χ0v) is 13.9. The van der Waals surface area contributed by atoms with Gasteiger partial charge in [0.05, 0.1) is 14.2 Å². The van der Waals surface area contributed by atoms with Gasteiger partial charge in [0.15, 0.2) is 17.6 Å². The van der Waals surface area contributed by atoms with Crippen LogP contribution in [0.5, 0.6) is 17.2 Å². The summed E-state index contributed by atoms with van der Waals surface area (Å²) in [4.78, 5) is 7.93. The van der Waals surface area contributed by atoms with E-state index in [4.69, 9.17) is 32.1 Å². The van der Waals surface area contributed by atoms with E-state index in [0.717, 1.165) is 11.1 Å². The van der Waals surface area contributed by atoms with E-state index in [0.29, 0.717) is 29.5 Å². The number of ether oxygens (including phenoxy) is 3. The van der Waals surface area contributed by atoms with Gasteiger partial charge in [0.25, 0.3) is 0 Å². The average molecular weight is 328 g/mol. The molecule has 0 aliphatic heterocycles. The molecule has 0 fully saturated rings. The van der Waals surface area contributed by atoms with Gasteiger partial charge >= 0.3 is 0 Å². The second-order valence-electron chi connectivity index (χ2n) is 5.07. The van der Waals surface area contributed by atoms with Crippen molar-refractivity contribution in [3.63, 3.8) is 0 Å². The molecule has 126 valence electrons. The molecule has 7 nitrogen and oxygen atoms in total. The number of nitrogens with zero attached hydrogens (tertiary/aromatic N) is 2. The van der Waals surface area contributed by atoms with Gasteiger partial charge in [-0.3, -0.25) is 0 Å². The van der Waals surface area contributed by atoms with Gasteiger partial charge in [-0.15, -0.1) is 6.42 Å². The first kappa shape index (κ1) is 17.2. The quantitative estimate of drug-likeness (QED) is 0.777. The van der Waals surface area contributed by atoms with E-state index in [2.05, 4.69) is 15.9 Å². The monoisotopic (exact) mass is 328 g/mol. The normalized spacial score (nSPS) is 11.4. The number of hydrogen-bond donors (Lipinski definition) is 2. The Balaban J connectivity index is 2.42. The first-order chi connectivity index (χ1) is 11.5. The predicted octanol–water partition coefficient (Wildman–Crippen LogP) is 1.65. The van der Waals surface area contributed by atoms with Crippen LogP contribution in [0.3, 0.4) is 0 Å². The molecule has 0 spiro atoms. The van der Waals surface area contributed by atoms with Crippen LogP contribution in [0.2, 0.25) is 0 Å². The standard InChI is InChI=1S/C17H20N4O3/c1-5-10(2)24-14-8-11(7-13(22-3)15(14)23-4)6-12-9-20-17(19)21-16(12)18/h1,7-10H,6H2,2-4H3,(H4,18,19,20,21). The Bertz CT molecular complexity index is 771. The van der Waals surface area contributed by atoms with Crippen molar-refractivity contribution in [3.8, 4) is 29.6 Å². The van der Waals surface area contributed by atoms with E-state index in [1.54, 1.807) is 20.2 Å². The summed E-state index contributed by atoms with van der Waals surface area (Å²) in [6.07, 6.45) is 7.05. The van der Waals surface area contributed by atoms with Crippen LogP contribution in [0.25, 0.3) is 0 Å². The van der Waals surface area contributed by atoms with Crippen molar-refractivity contribution >= 4 is 11.8 Å². The van der Waals surface area contributed by atoms with Crippen molar-refractivity contribution in [2.45, 2.75) is 19.4 Å². The largest absolute Gasteiger partial charge is 0.493 e. The Kier molecular flexibility index (Phi) is 5.32. The van der Waals surface area contributed by atoms with Crippen molar-refractivity contribution in [1.82, 2.24) is 9.97 Å². The smallest absolute Gasteiger partial charge is 0.221 e. The molecule has 24 heavy (non-hydrogen) atoms. The summed E-state index contributed by atoms with van der Waals surface area (Å²) in [6.45, 7) is 1.77. The number of rotatable bonds is 6. The minimum atomic E-state index is -0.413. The average Bonchev–Trinajstić information content (AvgIpc) is 2.56.